The monoisotopic (exact) mass is 224 g/mol. The molecule has 0 saturated carbocycles. The van der Waals surface area contributed by atoms with E-state index in [2.05, 4.69) is 10.5 Å². The molecule has 0 bridgehead atoms. The minimum atomic E-state index is 0.112. The van der Waals surface area contributed by atoms with Crippen LogP contribution in [0.1, 0.15) is 43.7 Å². The van der Waals surface area contributed by atoms with Crippen molar-refractivity contribution in [2.45, 2.75) is 47.1 Å². The lowest BCUT2D eigenvalue weighted by Gasteiger charge is -2.12. The number of rotatable bonds is 5. The van der Waals surface area contributed by atoms with E-state index in [1.54, 1.807) is 0 Å². The molecule has 1 amide bonds. The second kappa shape index (κ2) is 5.68. The molecular weight excluding hydrogens is 204 g/mol. The van der Waals surface area contributed by atoms with Crippen LogP contribution in [0.15, 0.2) is 4.52 Å². The topological polar surface area (TPSA) is 55.1 Å². The van der Waals surface area contributed by atoms with Crippen molar-refractivity contribution in [2.24, 2.45) is 5.92 Å². The molecule has 0 fully saturated rings. The highest BCUT2D eigenvalue weighted by Gasteiger charge is 2.15. The number of aromatic nitrogens is 1. The van der Waals surface area contributed by atoms with Crippen LogP contribution in [-0.4, -0.2) is 11.1 Å². The third kappa shape index (κ3) is 2.84. The summed E-state index contributed by atoms with van der Waals surface area (Å²) in [7, 11) is 0. The van der Waals surface area contributed by atoms with E-state index < -0.39 is 0 Å². The zero-order chi connectivity index (χ0) is 12.1. The molecule has 4 nitrogen and oxygen atoms in total. The third-order valence-electron chi connectivity index (χ3n) is 2.98. The van der Waals surface area contributed by atoms with Crippen molar-refractivity contribution in [3.8, 4) is 0 Å². The molecule has 0 aliphatic heterocycles. The molecule has 4 heteroatoms. The third-order valence-corrected chi connectivity index (χ3v) is 2.98. The summed E-state index contributed by atoms with van der Waals surface area (Å²) in [5, 5.41) is 6.78. The highest BCUT2D eigenvalue weighted by atomic mass is 16.5. The van der Waals surface area contributed by atoms with Crippen LogP contribution < -0.4 is 5.32 Å². The number of carbonyl (C=O) groups excluding carboxylic acids is 1. The first-order valence-electron chi connectivity index (χ1n) is 5.79. The second-order valence-electron chi connectivity index (χ2n) is 4.03. The Hall–Kier alpha value is -1.32. The van der Waals surface area contributed by atoms with Crippen LogP contribution >= 0.6 is 0 Å². The lowest BCUT2D eigenvalue weighted by Crippen LogP contribution is -2.29. The number of nitrogens with zero attached hydrogens (tertiary/aromatic N) is 1. The highest BCUT2D eigenvalue weighted by Crippen LogP contribution is 2.13. The Bertz CT molecular complexity index is 334. The van der Waals surface area contributed by atoms with Crippen LogP contribution in [0.5, 0.6) is 0 Å². The summed E-state index contributed by atoms with van der Waals surface area (Å²) in [6, 6.07) is 0. The van der Waals surface area contributed by atoms with Crippen molar-refractivity contribution in [1.29, 1.82) is 0 Å². The molecule has 0 atom stereocenters. The normalized spacial score (nSPS) is 10.8. The Morgan fingerprint density at radius 1 is 1.38 bits per heavy atom. The van der Waals surface area contributed by atoms with Gasteiger partial charge in [-0.05, 0) is 26.7 Å². The van der Waals surface area contributed by atoms with E-state index in [1.807, 2.05) is 27.7 Å². The lowest BCUT2D eigenvalue weighted by atomic mass is 10.0. The van der Waals surface area contributed by atoms with Gasteiger partial charge in [-0.25, -0.2) is 0 Å². The van der Waals surface area contributed by atoms with Gasteiger partial charge in [0.1, 0.15) is 5.76 Å². The van der Waals surface area contributed by atoms with E-state index in [0.717, 1.165) is 29.9 Å². The van der Waals surface area contributed by atoms with Gasteiger partial charge in [0.25, 0.3) is 0 Å². The van der Waals surface area contributed by atoms with E-state index in [1.165, 1.54) is 0 Å². The predicted molar refractivity (Wildman–Crippen MR) is 61.9 cm³/mol. The Kier molecular flexibility index (Phi) is 4.52. The smallest absolute Gasteiger partial charge is 0.223 e. The largest absolute Gasteiger partial charge is 0.361 e. The van der Waals surface area contributed by atoms with E-state index in [4.69, 9.17) is 4.52 Å². The zero-order valence-corrected chi connectivity index (χ0v) is 10.5. The van der Waals surface area contributed by atoms with E-state index in [-0.39, 0.29) is 11.8 Å². The fraction of sp³-hybridized carbons (Fsp3) is 0.667. The summed E-state index contributed by atoms with van der Waals surface area (Å²) >= 11 is 0. The zero-order valence-electron chi connectivity index (χ0n) is 10.5. The number of nitrogens with one attached hydrogen (secondary N) is 1. The van der Waals surface area contributed by atoms with Crippen LogP contribution in [0, 0.1) is 19.8 Å². The summed E-state index contributed by atoms with van der Waals surface area (Å²) in [6.45, 7) is 8.32. The van der Waals surface area contributed by atoms with Crippen LogP contribution in [-0.2, 0) is 11.3 Å². The predicted octanol–water partition coefficient (Wildman–Crippen LogP) is 2.34. The first kappa shape index (κ1) is 12.7. The molecule has 1 aromatic rings. The van der Waals surface area contributed by atoms with E-state index in [0.29, 0.717) is 6.54 Å². The maximum absolute atomic E-state index is 11.8. The van der Waals surface area contributed by atoms with Crippen LogP contribution in [0.25, 0.3) is 0 Å². The van der Waals surface area contributed by atoms with Gasteiger partial charge in [0.15, 0.2) is 0 Å². The summed E-state index contributed by atoms with van der Waals surface area (Å²) in [5.41, 5.74) is 1.83. The van der Waals surface area contributed by atoms with Crippen molar-refractivity contribution in [3.05, 3.63) is 17.0 Å². The molecule has 0 radical (unpaired) electrons. The molecule has 16 heavy (non-hydrogen) atoms. The molecule has 0 aliphatic rings. The molecule has 90 valence electrons. The highest BCUT2D eigenvalue weighted by molar-refractivity contribution is 5.78. The van der Waals surface area contributed by atoms with Gasteiger partial charge in [0.2, 0.25) is 5.91 Å². The van der Waals surface area contributed by atoms with Gasteiger partial charge < -0.3 is 9.84 Å². The average molecular weight is 224 g/mol. The van der Waals surface area contributed by atoms with Gasteiger partial charge in [-0.2, -0.15) is 0 Å². The quantitative estimate of drug-likeness (QED) is 0.835. The molecular formula is C12H20N2O2. The van der Waals surface area contributed by atoms with Crippen molar-refractivity contribution >= 4 is 5.91 Å². The fourth-order valence-corrected chi connectivity index (χ4v) is 1.73. The average Bonchev–Trinajstić information content (AvgIpc) is 2.58. The maximum Gasteiger partial charge on any atom is 0.223 e. The van der Waals surface area contributed by atoms with Crippen molar-refractivity contribution in [2.75, 3.05) is 0 Å². The van der Waals surface area contributed by atoms with Gasteiger partial charge in [-0.1, -0.05) is 19.0 Å². The number of aryl methyl sites for hydroxylation is 2. The lowest BCUT2D eigenvalue weighted by molar-refractivity contribution is -0.125. The molecule has 1 aromatic heterocycles. The van der Waals surface area contributed by atoms with E-state index >= 15 is 0 Å². The first-order valence-corrected chi connectivity index (χ1v) is 5.79. The molecule has 0 saturated heterocycles. The number of hydrogen-bond acceptors (Lipinski definition) is 3. The summed E-state index contributed by atoms with van der Waals surface area (Å²) in [4.78, 5) is 11.8. The molecule has 1 heterocycles. The van der Waals surface area contributed by atoms with Crippen LogP contribution in [0.3, 0.4) is 0 Å². The fourth-order valence-electron chi connectivity index (χ4n) is 1.73. The number of carbonyl (C=O) groups is 1. The van der Waals surface area contributed by atoms with E-state index in [9.17, 15) is 4.79 Å². The van der Waals surface area contributed by atoms with Crippen molar-refractivity contribution < 1.29 is 9.32 Å². The molecule has 0 aliphatic carbocycles. The molecule has 1 rings (SSSR count). The van der Waals surface area contributed by atoms with Gasteiger partial charge in [0, 0.05) is 18.0 Å². The minimum Gasteiger partial charge on any atom is -0.361 e. The van der Waals surface area contributed by atoms with Crippen molar-refractivity contribution in [1.82, 2.24) is 10.5 Å². The standard InChI is InChI=1S/C12H20N2O2/c1-5-10(6-2)12(15)13-7-11-8(3)14-16-9(11)4/h10H,5-7H2,1-4H3,(H,13,15). The van der Waals surface area contributed by atoms with Gasteiger partial charge in [0.05, 0.1) is 5.69 Å². The first-order chi connectivity index (χ1) is 7.60. The van der Waals surface area contributed by atoms with Crippen LogP contribution in [0.2, 0.25) is 0 Å². The van der Waals surface area contributed by atoms with Gasteiger partial charge in [-0.3, -0.25) is 4.79 Å². The molecule has 0 aromatic carbocycles. The molecule has 0 spiro atoms. The van der Waals surface area contributed by atoms with Gasteiger partial charge >= 0.3 is 0 Å². The Morgan fingerprint density at radius 3 is 2.44 bits per heavy atom. The Labute approximate surface area is 96.4 Å². The number of hydrogen-bond donors (Lipinski definition) is 1. The van der Waals surface area contributed by atoms with Crippen LogP contribution in [0.4, 0.5) is 0 Å². The van der Waals surface area contributed by atoms with Gasteiger partial charge in [-0.15, -0.1) is 0 Å². The SMILES string of the molecule is CCC(CC)C(=O)NCc1c(C)noc1C. The minimum absolute atomic E-state index is 0.112. The molecule has 1 N–H and O–H groups in total. The second-order valence-corrected chi connectivity index (χ2v) is 4.03. The summed E-state index contributed by atoms with van der Waals surface area (Å²) in [5.74, 6) is 1.01. The maximum atomic E-state index is 11.8. The number of amides is 1. The summed E-state index contributed by atoms with van der Waals surface area (Å²) in [6.07, 6.45) is 1.76. The summed E-state index contributed by atoms with van der Waals surface area (Å²) < 4.78 is 5.04. The molecule has 0 unspecified atom stereocenters. The Morgan fingerprint density at radius 2 is 2.00 bits per heavy atom. The Balaban J connectivity index is 2.55. The van der Waals surface area contributed by atoms with Crippen molar-refractivity contribution in [3.63, 3.8) is 0 Å².